The van der Waals surface area contributed by atoms with E-state index in [1.807, 2.05) is 6.92 Å². The van der Waals surface area contributed by atoms with Gasteiger partial charge in [-0.05, 0) is 39.0 Å². The number of hydrogen-bond donors (Lipinski definition) is 1. The Labute approximate surface area is 96.0 Å². The Hall–Kier alpha value is -1.08. The molecule has 0 aromatic carbocycles. The maximum Gasteiger partial charge on any atom is 0.227 e. The van der Waals surface area contributed by atoms with Crippen molar-refractivity contribution in [3.8, 4) is 6.07 Å². The molecule has 16 heavy (non-hydrogen) atoms. The van der Waals surface area contributed by atoms with Crippen LogP contribution in [0.1, 0.15) is 39.0 Å². The van der Waals surface area contributed by atoms with Gasteiger partial charge in [0.1, 0.15) is 5.54 Å². The SMILES string of the molecule is CC1OCCC1C(=O)NC1(C#N)CCCC1. The fraction of sp³-hybridized carbons (Fsp3) is 0.833. The summed E-state index contributed by atoms with van der Waals surface area (Å²) in [6, 6.07) is 2.27. The van der Waals surface area contributed by atoms with Crippen molar-refractivity contribution in [2.75, 3.05) is 6.61 Å². The van der Waals surface area contributed by atoms with Gasteiger partial charge in [0.15, 0.2) is 0 Å². The first-order valence-electron chi connectivity index (χ1n) is 6.02. The quantitative estimate of drug-likeness (QED) is 0.767. The Kier molecular flexibility index (Phi) is 3.15. The van der Waals surface area contributed by atoms with Gasteiger partial charge in [-0.25, -0.2) is 0 Å². The molecule has 1 aliphatic heterocycles. The summed E-state index contributed by atoms with van der Waals surface area (Å²) in [5, 5.41) is 12.1. The Bertz CT molecular complexity index is 315. The number of carbonyl (C=O) groups is 1. The smallest absolute Gasteiger partial charge is 0.227 e. The predicted octanol–water partition coefficient (Wildman–Crippen LogP) is 1.36. The van der Waals surface area contributed by atoms with Crippen LogP contribution in [0.4, 0.5) is 0 Å². The summed E-state index contributed by atoms with van der Waals surface area (Å²) >= 11 is 0. The van der Waals surface area contributed by atoms with Gasteiger partial charge >= 0.3 is 0 Å². The van der Waals surface area contributed by atoms with Crippen LogP contribution in [0.15, 0.2) is 0 Å². The number of nitriles is 1. The topological polar surface area (TPSA) is 62.1 Å². The number of nitrogens with one attached hydrogen (secondary N) is 1. The zero-order chi connectivity index (χ0) is 11.6. The molecule has 88 valence electrons. The van der Waals surface area contributed by atoms with Crippen LogP contribution in [0, 0.1) is 17.2 Å². The van der Waals surface area contributed by atoms with Crippen molar-refractivity contribution >= 4 is 5.91 Å². The number of hydrogen-bond acceptors (Lipinski definition) is 3. The summed E-state index contributed by atoms with van der Waals surface area (Å²) < 4.78 is 5.37. The average Bonchev–Trinajstić information content (AvgIpc) is 2.87. The predicted molar refractivity (Wildman–Crippen MR) is 58.5 cm³/mol. The van der Waals surface area contributed by atoms with Crippen LogP contribution in [-0.4, -0.2) is 24.2 Å². The molecular formula is C12H18N2O2. The number of carbonyl (C=O) groups excluding carboxylic acids is 1. The van der Waals surface area contributed by atoms with E-state index in [1.54, 1.807) is 0 Å². The molecule has 2 unspecified atom stereocenters. The van der Waals surface area contributed by atoms with Gasteiger partial charge in [-0.2, -0.15) is 5.26 Å². The number of nitrogens with zero attached hydrogens (tertiary/aromatic N) is 1. The van der Waals surface area contributed by atoms with Crippen LogP contribution in [0.25, 0.3) is 0 Å². The lowest BCUT2D eigenvalue weighted by Crippen LogP contribution is -2.48. The largest absolute Gasteiger partial charge is 0.378 e. The number of rotatable bonds is 2. The number of ether oxygens (including phenoxy) is 1. The van der Waals surface area contributed by atoms with Crippen LogP contribution >= 0.6 is 0 Å². The van der Waals surface area contributed by atoms with E-state index in [-0.39, 0.29) is 17.9 Å². The molecule has 1 N–H and O–H groups in total. The van der Waals surface area contributed by atoms with Gasteiger partial charge in [0.2, 0.25) is 5.91 Å². The third kappa shape index (κ3) is 2.05. The van der Waals surface area contributed by atoms with Crippen molar-refractivity contribution in [2.45, 2.75) is 50.7 Å². The fourth-order valence-electron chi connectivity index (χ4n) is 2.65. The molecule has 4 heteroatoms. The first kappa shape index (κ1) is 11.4. The molecule has 0 radical (unpaired) electrons. The molecule has 1 heterocycles. The normalized spacial score (nSPS) is 32.2. The van der Waals surface area contributed by atoms with Crippen molar-refractivity contribution in [2.24, 2.45) is 5.92 Å². The van der Waals surface area contributed by atoms with E-state index >= 15 is 0 Å². The lowest BCUT2D eigenvalue weighted by molar-refractivity contribution is -0.127. The Morgan fingerprint density at radius 3 is 2.69 bits per heavy atom. The van der Waals surface area contributed by atoms with Crippen LogP contribution in [-0.2, 0) is 9.53 Å². The minimum atomic E-state index is -0.598. The summed E-state index contributed by atoms with van der Waals surface area (Å²) in [6.07, 6.45) is 4.40. The second kappa shape index (κ2) is 4.42. The van der Waals surface area contributed by atoms with E-state index < -0.39 is 5.54 Å². The average molecular weight is 222 g/mol. The van der Waals surface area contributed by atoms with Crippen molar-refractivity contribution in [1.29, 1.82) is 5.26 Å². The summed E-state index contributed by atoms with van der Waals surface area (Å²) in [7, 11) is 0. The summed E-state index contributed by atoms with van der Waals surface area (Å²) in [4.78, 5) is 12.0. The number of amides is 1. The molecule has 1 amide bonds. The van der Waals surface area contributed by atoms with Crippen LogP contribution in [0.2, 0.25) is 0 Å². The molecular weight excluding hydrogens is 204 g/mol. The van der Waals surface area contributed by atoms with Crippen LogP contribution in [0.3, 0.4) is 0 Å². The van der Waals surface area contributed by atoms with Gasteiger partial charge in [0.25, 0.3) is 0 Å². The first-order valence-corrected chi connectivity index (χ1v) is 6.02. The van der Waals surface area contributed by atoms with Gasteiger partial charge in [-0.15, -0.1) is 0 Å². The van der Waals surface area contributed by atoms with Crippen molar-refractivity contribution < 1.29 is 9.53 Å². The maximum atomic E-state index is 12.0. The molecule has 2 rings (SSSR count). The van der Waals surface area contributed by atoms with Crippen LogP contribution < -0.4 is 5.32 Å². The van der Waals surface area contributed by atoms with Gasteiger partial charge in [0, 0.05) is 6.61 Å². The Morgan fingerprint density at radius 1 is 1.50 bits per heavy atom. The monoisotopic (exact) mass is 222 g/mol. The molecule has 0 spiro atoms. The minimum absolute atomic E-state index is 0.00606. The molecule has 2 fully saturated rings. The van der Waals surface area contributed by atoms with Crippen molar-refractivity contribution in [3.05, 3.63) is 0 Å². The zero-order valence-corrected chi connectivity index (χ0v) is 9.66. The molecule has 0 aromatic heterocycles. The van der Waals surface area contributed by atoms with Gasteiger partial charge in [-0.1, -0.05) is 0 Å². The molecule has 2 atom stereocenters. The van der Waals surface area contributed by atoms with Gasteiger partial charge in [-0.3, -0.25) is 4.79 Å². The van der Waals surface area contributed by atoms with Crippen LogP contribution in [0.5, 0.6) is 0 Å². The highest BCUT2D eigenvalue weighted by Gasteiger charge is 2.39. The zero-order valence-electron chi connectivity index (χ0n) is 9.66. The molecule has 0 bridgehead atoms. The molecule has 1 saturated carbocycles. The highest BCUT2D eigenvalue weighted by molar-refractivity contribution is 5.80. The molecule has 1 aliphatic carbocycles. The van der Waals surface area contributed by atoms with E-state index in [4.69, 9.17) is 4.74 Å². The lowest BCUT2D eigenvalue weighted by Gasteiger charge is -2.24. The highest BCUT2D eigenvalue weighted by atomic mass is 16.5. The van der Waals surface area contributed by atoms with Gasteiger partial charge in [0.05, 0.1) is 18.1 Å². The Balaban J connectivity index is 1.98. The van der Waals surface area contributed by atoms with E-state index in [0.717, 1.165) is 32.1 Å². The maximum absolute atomic E-state index is 12.0. The summed E-state index contributed by atoms with van der Waals surface area (Å²) in [5.41, 5.74) is -0.598. The molecule has 2 aliphatic rings. The van der Waals surface area contributed by atoms with Crippen molar-refractivity contribution in [1.82, 2.24) is 5.32 Å². The van der Waals surface area contributed by atoms with E-state index in [2.05, 4.69) is 11.4 Å². The second-order valence-corrected chi connectivity index (χ2v) is 4.86. The van der Waals surface area contributed by atoms with E-state index in [9.17, 15) is 10.1 Å². The second-order valence-electron chi connectivity index (χ2n) is 4.86. The molecule has 0 aromatic rings. The fourth-order valence-corrected chi connectivity index (χ4v) is 2.65. The third-order valence-corrected chi connectivity index (χ3v) is 3.75. The van der Waals surface area contributed by atoms with E-state index in [1.165, 1.54) is 0 Å². The first-order chi connectivity index (χ1) is 7.67. The summed E-state index contributed by atoms with van der Waals surface area (Å²) in [6.45, 7) is 2.57. The Morgan fingerprint density at radius 2 is 2.19 bits per heavy atom. The molecule has 1 saturated heterocycles. The lowest BCUT2D eigenvalue weighted by atomic mass is 9.96. The third-order valence-electron chi connectivity index (χ3n) is 3.75. The van der Waals surface area contributed by atoms with Crippen molar-refractivity contribution in [3.63, 3.8) is 0 Å². The molecule has 4 nitrogen and oxygen atoms in total. The van der Waals surface area contributed by atoms with E-state index in [0.29, 0.717) is 6.61 Å². The summed E-state index contributed by atoms with van der Waals surface area (Å²) in [5.74, 6) is -0.0840. The van der Waals surface area contributed by atoms with Gasteiger partial charge < -0.3 is 10.1 Å². The highest BCUT2D eigenvalue weighted by Crippen LogP contribution is 2.30. The standard InChI is InChI=1S/C12H18N2O2/c1-9-10(4-7-16-9)11(15)14-12(8-13)5-2-3-6-12/h9-10H,2-7H2,1H3,(H,14,15). The minimum Gasteiger partial charge on any atom is -0.378 e.